The lowest BCUT2D eigenvalue weighted by Gasteiger charge is -2.36. The number of carbonyl (C=O) groups is 1. The smallest absolute Gasteiger partial charge is 0.250 e. The number of aromatic nitrogens is 2. The number of likely N-dealkylation sites (tertiary alicyclic amines) is 1. The van der Waals surface area contributed by atoms with Crippen LogP contribution in [0.25, 0.3) is 11.8 Å². The Balaban J connectivity index is 1.35. The summed E-state index contributed by atoms with van der Waals surface area (Å²) >= 11 is 0. The van der Waals surface area contributed by atoms with Crippen molar-refractivity contribution in [2.75, 3.05) is 44.9 Å². The Morgan fingerprint density at radius 2 is 1.89 bits per heavy atom. The van der Waals surface area contributed by atoms with Gasteiger partial charge in [-0.25, -0.2) is 4.98 Å². The highest BCUT2D eigenvalue weighted by molar-refractivity contribution is 5.98. The third kappa shape index (κ3) is 5.42. The van der Waals surface area contributed by atoms with Crippen LogP contribution in [-0.2, 0) is 9.53 Å². The number of methoxy groups -OCH3 is 1. The van der Waals surface area contributed by atoms with Gasteiger partial charge in [0, 0.05) is 37.1 Å². The van der Waals surface area contributed by atoms with Gasteiger partial charge in [0.15, 0.2) is 0 Å². The Morgan fingerprint density at radius 3 is 2.57 bits per heavy atom. The predicted octanol–water partition coefficient (Wildman–Crippen LogP) is 5.18. The third-order valence-corrected chi connectivity index (χ3v) is 7.33. The molecule has 3 heterocycles. The van der Waals surface area contributed by atoms with Gasteiger partial charge in [-0.05, 0) is 67.7 Å². The van der Waals surface area contributed by atoms with Crippen LogP contribution in [0.15, 0.2) is 60.6 Å². The summed E-state index contributed by atoms with van der Waals surface area (Å²) in [6.45, 7) is 8.29. The minimum Gasteiger partial charge on any atom is -0.495 e. The van der Waals surface area contributed by atoms with Crippen LogP contribution in [0.1, 0.15) is 49.0 Å². The maximum atomic E-state index is 13.7. The zero-order valence-corrected chi connectivity index (χ0v) is 22.0. The molecule has 1 amide bonds. The molecular formula is C30H36N4O3. The van der Waals surface area contributed by atoms with Gasteiger partial charge < -0.3 is 23.8 Å². The summed E-state index contributed by atoms with van der Waals surface area (Å²) in [5, 5.41) is 0. The minimum absolute atomic E-state index is 0.0660. The molecule has 0 spiro atoms. The second-order valence-electron chi connectivity index (χ2n) is 9.74. The molecule has 7 nitrogen and oxygen atoms in total. The van der Waals surface area contributed by atoms with Crippen molar-refractivity contribution in [3.8, 4) is 11.4 Å². The summed E-state index contributed by atoms with van der Waals surface area (Å²) < 4.78 is 13.1. The monoisotopic (exact) mass is 500 g/mol. The summed E-state index contributed by atoms with van der Waals surface area (Å²) in [7, 11) is 1.67. The second-order valence-corrected chi connectivity index (χ2v) is 9.74. The SMILES string of the molecule is CC[C@H](c1ccc(N2CCOCC2)cc1)N1CCC/C(=C\c2ccc(-n3cnc(C)c3)c(OC)c2)C1=O. The van der Waals surface area contributed by atoms with Crippen LogP contribution in [0.2, 0.25) is 0 Å². The Labute approximate surface area is 219 Å². The van der Waals surface area contributed by atoms with E-state index in [0.717, 1.165) is 80.4 Å². The van der Waals surface area contributed by atoms with Crippen LogP contribution in [0.5, 0.6) is 5.75 Å². The van der Waals surface area contributed by atoms with Gasteiger partial charge >= 0.3 is 0 Å². The maximum Gasteiger partial charge on any atom is 0.250 e. The molecule has 0 radical (unpaired) electrons. The number of rotatable bonds is 7. The zero-order chi connectivity index (χ0) is 25.8. The molecule has 0 N–H and O–H groups in total. The van der Waals surface area contributed by atoms with Crippen molar-refractivity contribution < 1.29 is 14.3 Å². The fourth-order valence-corrected chi connectivity index (χ4v) is 5.38. The molecule has 2 aromatic carbocycles. The topological polar surface area (TPSA) is 59.8 Å². The van der Waals surface area contributed by atoms with E-state index in [4.69, 9.17) is 9.47 Å². The zero-order valence-electron chi connectivity index (χ0n) is 22.0. The molecule has 1 aromatic heterocycles. The molecule has 0 aliphatic carbocycles. The van der Waals surface area contributed by atoms with Gasteiger partial charge in [-0.15, -0.1) is 0 Å². The van der Waals surface area contributed by atoms with Crippen LogP contribution in [0.4, 0.5) is 5.69 Å². The number of ether oxygens (including phenoxy) is 2. The lowest BCUT2D eigenvalue weighted by Crippen LogP contribution is -2.39. The fourth-order valence-electron chi connectivity index (χ4n) is 5.38. The number of amides is 1. The van der Waals surface area contributed by atoms with Gasteiger partial charge in [0.2, 0.25) is 5.91 Å². The van der Waals surface area contributed by atoms with E-state index in [9.17, 15) is 4.79 Å². The number of hydrogen-bond donors (Lipinski definition) is 0. The van der Waals surface area contributed by atoms with E-state index in [0.29, 0.717) is 0 Å². The van der Waals surface area contributed by atoms with Crippen molar-refractivity contribution >= 4 is 17.7 Å². The summed E-state index contributed by atoms with van der Waals surface area (Å²) in [5.41, 5.74) is 6.09. The van der Waals surface area contributed by atoms with Crippen LogP contribution in [-0.4, -0.2) is 60.3 Å². The molecular weight excluding hydrogens is 464 g/mol. The van der Waals surface area contributed by atoms with Crippen LogP contribution < -0.4 is 9.64 Å². The fraction of sp³-hybridized carbons (Fsp3) is 0.400. The van der Waals surface area contributed by atoms with Gasteiger partial charge in [-0.3, -0.25) is 4.79 Å². The largest absolute Gasteiger partial charge is 0.495 e. The molecule has 2 aliphatic rings. The highest BCUT2D eigenvalue weighted by atomic mass is 16.5. The molecule has 5 rings (SSSR count). The molecule has 0 unspecified atom stereocenters. The van der Waals surface area contributed by atoms with Gasteiger partial charge in [0.25, 0.3) is 0 Å². The number of aryl methyl sites for hydroxylation is 1. The number of carbonyl (C=O) groups excluding carboxylic acids is 1. The molecule has 3 aromatic rings. The molecule has 7 heteroatoms. The standard InChI is InChI=1S/C30H36N4O3/c1-4-27(24-8-10-26(11-9-24)32-14-16-37-17-15-32)34-13-5-6-25(30(34)35)18-23-7-12-28(29(19-23)36-3)33-20-22(2)31-21-33/h7-12,18-21,27H,4-6,13-17H2,1-3H3/b25-18+/t27-/m1/s1. The summed E-state index contributed by atoms with van der Waals surface area (Å²) in [4.78, 5) is 22.4. The third-order valence-electron chi connectivity index (χ3n) is 7.33. The lowest BCUT2D eigenvalue weighted by molar-refractivity contribution is -0.131. The van der Waals surface area contributed by atoms with E-state index in [2.05, 4.69) is 46.0 Å². The summed E-state index contributed by atoms with van der Waals surface area (Å²) in [6.07, 6.45) is 8.40. The molecule has 37 heavy (non-hydrogen) atoms. The Kier molecular flexibility index (Phi) is 7.60. The highest BCUT2D eigenvalue weighted by Crippen LogP contribution is 2.33. The molecule has 2 fully saturated rings. The van der Waals surface area contributed by atoms with Crippen molar-refractivity contribution in [1.82, 2.24) is 14.5 Å². The highest BCUT2D eigenvalue weighted by Gasteiger charge is 2.29. The Hall–Kier alpha value is -3.58. The Morgan fingerprint density at radius 1 is 1.11 bits per heavy atom. The van der Waals surface area contributed by atoms with Crippen molar-refractivity contribution in [3.63, 3.8) is 0 Å². The number of imidazole rings is 1. The van der Waals surface area contributed by atoms with Gasteiger partial charge in [0.1, 0.15) is 5.75 Å². The lowest BCUT2D eigenvalue weighted by atomic mass is 9.95. The number of morpholine rings is 1. The van der Waals surface area contributed by atoms with E-state index >= 15 is 0 Å². The summed E-state index contributed by atoms with van der Waals surface area (Å²) in [6, 6.07) is 14.9. The first-order chi connectivity index (χ1) is 18.1. The van der Waals surface area contributed by atoms with Gasteiger partial charge in [-0.1, -0.05) is 25.1 Å². The number of piperidine rings is 1. The van der Waals surface area contributed by atoms with Crippen LogP contribution in [0, 0.1) is 6.92 Å². The number of benzene rings is 2. The first kappa shape index (κ1) is 25.1. The van der Waals surface area contributed by atoms with E-state index in [1.807, 2.05) is 42.0 Å². The van der Waals surface area contributed by atoms with Crippen LogP contribution >= 0.6 is 0 Å². The maximum absolute atomic E-state index is 13.7. The van der Waals surface area contributed by atoms with E-state index in [-0.39, 0.29) is 11.9 Å². The number of anilines is 1. The number of nitrogens with zero attached hydrogens (tertiary/aromatic N) is 4. The van der Waals surface area contributed by atoms with Crippen molar-refractivity contribution in [2.45, 2.75) is 39.2 Å². The first-order valence-electron chi connectivity index (χ1n) is 13.2. The van der Waals surface area contributed by atoms with E-state index in [1.165, 1.54) is 11.3 Å². The predicted molar refractivity (Wildman–Crippen MR) is 146 cm³/mol. The van der Waals surface area contributed by atoms with Crippen molar-refractivity contribution in [2.24, 2.45) is 0 Å². The molecule has 194 valence electrons. The van der Waals surface area contributed by atoms with Crippen LogP contribution in [0.3, 0.4) is 0 Å². The molecule has 0 saturated carbocycles. The van der Waals surface area contributed by atoms with Gasteiger partial charge in [-0.2, -0.15) is 0 Å². The first-order valence-corrected chi connectivity index (χ1v) is 13.2. The normalized spacial score (nSPS) is 18.4. The minimum atomic E-state index is 0.0660. The molecule has 1 atom stereocenters. The van der Waals surface area contributed by atoms with E-state index in [1.54, 1.807) is 13.4 Å². The summed E-state index contributed by atoms with van der Waals surface area (Å²) in [5.74, 6) is 0.877. The average Bonchev–Trinajstić information content (AvgIpc) is 3.37. The van der Waals surface area contributed by atoms with Crippen molar-refractivity contribution in [3.05, 3.63) is 77.4 Å². The van der Waals surface area contributed by atoms with Crippen molar-refractivity contribution in [1.29, 1.82) is 0 Å². The second kappa shape index (κ2) is 11.2. The molecule has 0 bridgehead atoms. The molecule has 2 aliphatic heterocycles. The molecule has 2 saturated heterocycles. The quantitative estimate of drug-likeness (QED) is 0.418. The van der Waals surface area contributed by atoms with E-state index < -0.39 is 0 Å². The number of hydrogen-bond acceptors (Lipinski definition) is 5. The Bertz CT molecular complexity index is 1260. The average molecular weight is 501 g/mol. The van der Waals surface area contributed by atoms with Gasteiger partial charge in [0.05, 0.1) is 44.1 Å².